The number of rotatable bonds is 8. The van der Waals surface area contributed by atoms with Crippen molar-refractivity contribution in [1.29, 1.82) is 0 Å². The molecule has 2 N–H and O–H groups in total. The van der Waals surface area contributed by atoms with E-state index in [-0.39, 0.29) is 11.7 Å². The maximum atomic E-state index is 11.7. The van der Waals surface area contributed by atoms with Gasteiger partial charge in [-0.3, -0.25) is 4.79 Å². The minimum Gasteiger partial charge on any atom is -0.480 e. The maximum absolute atomic E-state index is 11.7. The summed E-state index contributed by atoms with van der Waals surface area (Å²) in [6.45, 7) is 5.12. The average molecular weight is 267 g/mol. The van der Waals surface area contributed by atoms with E-state index in [2.05, 4.69) is 4.72 Å². The van der Waals surface area contributed by atoms with Crippen LogP contribution in [0.25, 0.3) is 0 Å². The summed E-state index contributed by atoms with van der Waals surface area (Å²) in [7, 11) is -2.24. The van der Waals surface area contributed by atoms with E-state index in [1.165, 1.54) is 7.11 Å². The first kappa shape index (κ1) is 16.3. The standard InChI is InChI=1S/C10H21NO5S/c1-5-7(2)9(10(12)13)11-17(14,15)6-8(3)16-4/h7-9,11H,5-6H2,1-4H3,(H,12,13)/t7-,8?,9-/m0/s1. The first-order valence-electron chi connectivity index (χ1n) is 5.49. The number of carbonyl (C=O) groups is 1. The van der Waals surface area contributed by atoms with Gasteiger partial charge in [-0.25, -0.2) is 13.1 Å². The fraction of sp³-hybridized carbons (Fsp3) is 0.900. The minimum absolute atomic E-state index is 0.246. The van der Waals surface area contributed by atoms with E-state index in [0.717, 1.165) is 0 Å². The first-order chi connectivity index (χ1) is 7.73. The predicted molar refractivity (Wildman–Crippen MR) is 64.3 cm³/mol. The lowest BCUT2D eigenvalue weighted by Gasteiger charge is -2.21. The second-order valence-corrected chi connectivity index (χ2v) is 5.95. The zero-order chi connectivity index (χ0) is 13.6. The van der Waals surface area contributed by atoms with Crippen molar-refractivity contribution in [3.63, 3.8) is 0 Å². The Morgan fingerprint density at radius 1 is 1.41 bits per heavy atom. The molecule has 6 nitrogen and oxygen atoms in total. The SMILES string of the molecule is CC[C@H](C)[C@H](NS(=O)(=O)CC(C)OC)C(=O)O. The Hall–Kier alpha value is -0.660. The van der Waals surface area contributed by atoms with Crippen LogP contribution in [0.15, 0.2) is 0 Å². The van der Waals surface area contributed by atoms with Gasteiger partial charge < -0.3 is 9.84 Å². The summed E-state index contributed by atoms with van der Waals surface area (Å²) in [5.74, 6) is -1.67. The largest absolute Gasteiger partial charge is 0.480 e. The Kier molecular flexibility index (Phi) is 6.66. The highest BCUT2D eigenvalue weighted by atomic mass is 32.2. The Morgan fingerprint density at radius 2 is 1.94 bits per heavy atom. The zero-order valence-electron chi connectivity index (χ0n) is 10.6. The van der Waals surface area contributed by atoms with Crippen LogP contribution in [0.4, 0.5) is 0 Å². The van der Waals surface area contributed by atoms with Gasteiger partial charge >= 0.3 is 5.97 Å². The van der Waals surface area contributed by atoms with Crippen molar-refractivity contribution in [1.82, 2.24) is 4.72 Å². The Labute approximate surface area is 102 Å². The summed E-state index contributed by atoms with van der Waals surface area (Å²) in [5, 5.41) is 8.97. The topological polar surface area (TPSA) is 92.7 Å². The molecule has 0 aromatic rings. The highest BCUT2D eigenvalue weighted by molar-refractivity contribution is 7.89. The molecule has 0 aliphatic rings. The van der Waals surface area contributed by atoms with Crippen LogP contribution >= 0.6 is 0 Å². The van der Waals surface area contributed by atoms with E-state index < -0.39 is 28.1 Å². The second-order valence-electron chi connectivity index (χ2n) is 4.15. The third-order valence-corrected chi connectivity index (χ3v) is 4.16. The number of carboxylic acids is 1. The number of nitrogens with one attached hydrogen (secondary N) is 1. The van der Waals surface area contributed by atoms with Crippen LogP contribution in [0.3, 0.4) is 0 Å². The molecule has 0 amide bonds. The summed E-state index contributed by atoms with van der Waals surface area (Å²) in [6.07, 6.45) is 0.109. The van der Waals surface area contributed by atoms with Gasteiger partial charge in [-0.05, 0) is 12.8 Å². The number of methoxy groups -OCH3 is 1. The van der Waals surface area contributed by atoms with E-state index in [1.54, 1.807) is 13.8 Å². The van der Waals surface area contributed by atoms with Crippen molar-refractivity contribution in [2.24, 2.45) is 5.92 Å². The average Bonchev–Trinajstić information content (AvgIpc) is 2.23. The molecule has 0 aromatic heterocycles. The fourth-order valence-corrected chi connectivity index (χ4v) is 2.83. The number of ether oxygens (including phenoxy) is 1. The van der Waals surface area contributed by atoms with Crippen molar-refractivity contribution in [2.45, 2.75) is 39.3 Å². The number of hydrogen-bond donors (Lipinski definition) is 2. The molecule has 0 heterocycles. The molecule has 0 bridgehead atoms. The van der Waals surface area contributed by atoms with Crippen LogP contribution in [0.2, 0.25) is 0 Å². The van der Waals surface area contributed by atoms with E-state index in [0.29, 0.717) is 6.42 Å². The summed E-state index contributed by atoms with van der Waals surface area (Å²) in [5.41, 5.74) is 0. The summed E-state index contributed by atoms with van der Waals surface area (Å²) >= 11 is 0. The molecule has 0 fully saturated rings. The summed E-state index contributed by atoms with van der Waals surface area (Å²) < 4.78 is 30.4. The lowest BCUT2D eigenvalue weighted by Crippen LogP contribution is -2.47. The molecule has 7 heteroatoms. The molecule has 17 heavy (non-hydrogen) atoms. The molecule has 3 atom stereocenters. The van der Waals surface area contributed by atoms with E-state index in [1.807, 2.05) is 6.92 Å². The van der Waals surface area contributed by atoms with Crippen LogP contribution in [-0.4, -0.2) is 44.5 Å². The van der Waals surface area contributed by atoms with Crippen LogP contribution in [0.1, 0.15) is 27.2 Å². The molecule has 0 radical (unpaired) electrons. The number of carboxylic acid groups (broad SMARTS) is 1. The predicted octanol–water partition coefficient (Wildman–Crippen LogP) is 0.440. The third kappa shape index (κ3) is 5.99. The van der Waals surface area contributed by atoms with Gasteiger partial charge in [0.2, 0.25) is 10.0 Å². The lowest BCUT2D eigenvalue weighted by atomic mass is 10.0. The fourth-order valence-electron chi connectivity index (χ4n) is 1.26. The van der Waals surface area contributed by atoms with Gasteiger partial charge in [0.25, 0.3) is 0 Å². The number of aliphatic carboxylic acids is 1. The Morgan fingerprint density at radius 3 is 2.29 bits per heavy atom. The van der Waals surface area contributed by atoms with Crippen LogP contribution in [0.5, 0.6) is 0 Å². The van der Waals surface area contributed by atoms with E-state index in [9.17, 15) is 13.2 Å². The van der Waals surface area contributed by atoms with Crippen molar-refractivity contribution < 1.29 is 23.1 Å². The molecule has 0 aliphatic carbocycles. The van der Waals surface area contributed by atoms with E-state index in [4.69, 9.17) is 9.84 Å². The van der Waals surface area contributed by atoms with Crippen molar-refractivity contribution in [3.05, 3.63) is 0 Å². The smallest absolute Gasteiger partial charge is 0.322 e. The summed E-state index contributed by atoms with van der Waals surface area (Å²) in [4.78, 5) is 11.0. The quantitative estimate of drug-likeness (QED) is 0.665. The van der Waals surface area contributed by atoms with Crippen LogP contribution < -0.4 is 4.72 Å². The number of sulfonamides is 1. The van der Waals surface area contributed by atoms with Gasteiger partial charge in [0, 0.05) is 7.11 Å². The monoisotopic (exact) mass is 267 g/mol. The molecule has 102 valence electrons. The molecule has 0 saturated heterocycles. The number of hydrogen-bond acceptors (Lipinski definition) is 4. The molecule has 0 aliphatic heterocycles. The highest BCUT2D eigenvalue weighted by Crippen LogP contribution is 2.09. The third-order valence-electron chi connectivity index (χ3n) is 2.64. The maximum Gasteiger partial charge on any atom is 0.322 e. The van der Waals surface area contributed by atoms with Crippen molar-refractivity contribution in [3.8, 4) is 0 Å². The highest BCUT2D eigenvalue weighted by Gasteiger charge is 2.29. The Bertz CT molecular complexity index is 341. The van der Waals surface area contributed by atoms with Gasteiger partial charge in [-0.1, -0.05) is 20.3 Å². The van der Waals surface area contributed by atoms with Crippen molar-refractivity contribution >= 4 is 16.0 Å². The van der Waals surface area contributed by atoms with Gasteiger partial charge in [0.1, 0.15) is 6.04 Å². The Balaban J connectivity index is 4.70. The molecular formula is C10H21NO5S. The van der Waals surface area contributed by atoms with Gasteiger partial charge in [-0.2, -0.15) is 0 Å². The molecule has 0 saturated carbocycles. The molecular weight excluding hydrogens is 246 g/mol. The van der Waals surface area contributed by atoms with Gasteiger partial charge in [0.15, 0.2) is 0 Å². The molecule has 0 aromatic carbocycles. The van der Waals surface area contributed by atoms with Crippen molar-refractivity contribution in [2.75, 3.05) is 12.9 Å². The van der Waals surface area contributed by atoms with Crippen LogP contribution in [-0.2, 0) is 19.6 Å². The molecule has 0 spiro atoms. The first-order valence-corrected chi connectivity index (χ1v) is 7.14. The lowest BCUT2D eigenvalue weighted by molar-refractivity contribution is -0.140. The zero-order valence-corrected chi connectivity index (χ0v) is 11.5. The van der Waals surface area contributed by atoms with Gasteiger partial charge in [0.05, 0.1) is 11.9 Å². The normalized spacial score (nSPS) is 17.4. The van der Waals surface area contributed by atoms with E-state index >= 15 is 0 Å². The second kappa shape index (κ2) is 6.93. The molecule has 1 unspecified atom stereocenters. The van der Waals surface area contributed by atoms with Gasteiger partial charge in [-0.15, -0.1) is 0 Å². The minimum atomic E-state index is -3.65. The summed E-state index contributed by atoms with van der Waals surface area (Å²) in [6, 6.07) is -1.09. The molecule has 0 rings (SSSR count). The van der Waals surface area contributed by atoms with Crippen LogP contribution in [0, 0.1) is 5.92 Å².